The summed E-state index contributed by atoms with van der Waals surface area (Å²) < 4.78 is 74.7. The SMILES string of the molecule is CS(=O)(=O)Nc1ccc(SC(=O)O[C@@H](Cc2c(Cl)cncc2Cl)c2ccc(OC(F)F)c(OCC3CC3)c2)cc1OCC1CC1. The molecule has 15 heteroatoms. The van der Waals surface area contributed by atoms with Crippen molar-refractivity contribution in [3.05, 3.63) is 70.0 Å². The van der Waals surface area contributed by atoms with E-state index in [1.807, 2.05) is 0 Å². The van der Waals surface area contributed by atoms with Gasteiger partial charge in [-0.2, -0.15) is 8.78 Å². The summed E-state index contributed by atoms with van der Waals surface area (Å²) >= 11 is 13.5. The summed E-state index contributed by atoms with van der Waals surface area (Å²) in [5.74, 6) is 0.969. The van der Waals surface area contributed by atoms with Crippen molar-refractivity contribution in [3.8, 4) is 17.2 Å². The normalized spacial score (nSPS) is 15.4. The van der Waals surface area contributed by atoms with Crippen LogP contribution in [0.3, 0.4) is 0 Å². The average Bonchev–Trinajstić information content (AvgIpc) is 3.89. The van der Waals surface area contributed by atoms with Crippen LogP contribution in [0.1, 0.15) is 42.9 Å². The molecule has 2 aromatic carbocycles. The molecule has 2 aliphatic rings. The predicted molar refractivity (Wildman–Crippen MR) is 167 cm³/mol. The van der Waals surface area contributed by atoms with Gasteiger partial charge < -0.3 is 18.9 Å². The molecule has 45 heavy (non-hydrogen) atoms. The molecule has 2 saturated carbocycles. The molecule has 0 spiro atoms. The van der Waals surface area contributed by atoms with E-state index < -0.39 is 28.0 Å². The smallest absolute Gasteiger partial charge is 0.387 e. The molecule has 0 radical (unpaired) electrons. The average molecular weight is 704 g/mol. The van der Waals surface area contributed by atoms with E-state index in [1.54, 1.807) is 12.1 Å². The first-order valence-corrected chi connectivity index (χ1v) is 17.5. The van der Waals surface area contributed by atoms with E-state index in [4.69, 9.17) is 37.4 Å². The van der Waals surface area contributed by atoms with Crippen LogP contribution in [0.2, 0.25) is 10.0 Å². The summed E-state index contributed by atoms with van der Waals surface area (Å²) in [7, 11) is -3.58. The topological polar surface area (TPSA) is 113 Å². The lowest BCUT2D eigenvalue weighted by atomic mass is 10.0. The summed E-state index contributed by atoms with van der Waals surface area (Å²) in [4.78, 5) is 17.7. The highest BCUT2D eigenvalue weighted by atomic mass is 35.5. The lowest BCUT2D eigenvalue weighted by Gasteiger charge is -2.21. The number of anilines is 1. The van der Waals surface area contributed by atoms with Gasteiger partial charge in [0.15, 0.2) is 11.5 Å². The van der Waals surface area contributed by atoms with Crippen LogP contribution >= 0.6 is 35.0 Å². The second-order valence-corrected chi connectivity index (χ2v) is 14.4. The first kappa shape index (κ1) is 33.4. The fraction of sp³-hybridized carbons (Fsp3) is 0.400. The number of alkyl halides is 2. The lowest BCUT2D eigenvalue weighted by Crippen LogP contribution is -2.13. The van der Waals surface area contributed by atoms with Crippen molar-refractivity contribution >= 4 is 56.0 Å². The maximum absolute atomic E-state index is 13.3. The van der Waals surface area contributed by atoms with E-state index in [0.29, 0.717) is 41.1 Å². The third-order valence-electron chi connectivity index (χ3n) is 6.93. The van der Waals surface area contributed by atoms with Gasteiger partial charge in [-0.05, 0) is 90.7 Å². The van der Waals surface area contributed by atoms with Gasteiger partial charge >= 0.3 is 11.9 Å². The lowest BCUT2D eigenvalue weighted by molar-refractivity contribution is -0.0515. The number of carbonyl (C=O) groups excluding carboxylic acids is 1. The Balaban J connectivity index is 1.40. The van der Waals surface area contributed by atoms with E-state index in [-0.39, 0.29) is 39.4 Å². The number of nitrogens with one attached hydrogen (secondary N) is 1. The quantitative estimate of drug-likeness (QED) is 0.124. The molecular formula is C30H30Cl2F2N2O7S2. The zero-order valence-electron chi connectivity index (χ0n) is 24.0. The van der Waals surface area contributed by atoms with Crippen molar-refractivity contribution in [3.63, 3.8) is 0 Å². The van der Waals surface area contributed by atoms with E-state index >= 15 is 0 Å². The monoisotopic (exact) mass is 702 g/mol. The first-order chi connectivity index (χ1) is 21.4. The molecule has 1 atom stereocenters. The van der Waals surface area contributed by atoms with E-state index in [0.717, 1.165) is 43.7 Å². The number of sulfonamides is 1. The maximum atomic E-state index is 13.3. The number of benzene rings is 2. The largest absolute Gasteiger partial charge is 0.491 e. The molecule has 1 N–H and O–H groups in total. The zero-order chi connectivity index (χ0) is 32.1. The van der Waals surface area contributed by atoms with Crippen molar-refractivity contribution in [1.82, 2.24) is 4.98 Å². The molecule has 1 heterocycles. The van der Waals surface area contributed by atoms with Crippen LogP contribution < -0.4 is 18.9 Å². The highest BCUT2D eigenvalue weighted by Crippen LogP contribution is 2.40. The Kier molecular flexibility index (Phi) is 10.8. The molecule has 2 aliphatic carbocycles. The molecule has 9 nitrogen and oxygen atoms in total. The summed E-state index contributed by atoms with van der Waals surface area (Å²) in [5.41, 5.74) is 1.15. The van der Waals surface area contributed by atoms with Crippen LogP contribution in [0.4, 0.5) is 19.3 Å². The van der Waals surface area contributed by atoms with Crippen molar-refractivity contribution in [2.24, 2.45) is 11.8 Å². The van der Waals surface area contributed by atoms with Gasteiger partial charge in [-0.25, -0.2) is 13.2 Å². The molecule has 242 valence electrons. The van der Waals surface area contributed by atoms with Gasteiger partial charge in [0.05, 0.1) is 35.2 Å². The third-order valence-corrected chi connectivity index (χ3v) is 8.92. The van der Waals surface area contributed by atoms with Crippen LogP contribution in [-0.4, -0.2) is 44.8 Å². The molecule has 0 amide bonds. The molecule has 0 unspecified atom stereocenters. The van der Waals surface area contributed by atoms with Crippen LogP contribution in [-0.2, 0) is 21.2 Å². The van der Waals surface area contributed by atoms with Gasteiger partial charge in [-0.15, -0.1) is 0 Å². The second kappa shape index (κ2) is 14.6. The highest BCUT2D eigenvalue weighted by Gasteiger charge is 2.27. The van der Waals surface area contributed by atoms with Crippen LogP contribution in [0.15, 0.2) is 53.7 Å². The number of rotatable bonds is 15. The number of pyridine rings is 1. The summed E-state index contributed by atoms with van der Waals surface area (Å²) in [6.45, 7) is -2.31. The van der Waals surface area contributed by atoms with Gasteiger partial charge in [0.2, 0.25) is 10.0 Å². The van der Waals surface area contributed by atoms with Crippen molar-refractivity contribution < 1.29 is 40.9 Å². The number of carbonyl (C=O) groups is 1. The molecular weight excluding hydrogens is 673 g/mol. The van der Waals surface area contributed by atoms with Crippen LogP contribution in [0.25, 0.3) is 0 Å². The molecule has 2 fully saturated rings. The third kappa shape index (κ3) is 10.2. The van der Waals surface area contributed by atoms with Crippen LogP contribution in [0.5, 0.6) is 17.2 Å². The minimum absolute atomic E-state index is 0.0383. The van der Waals surface area contributed by atoms with E-state index in [2.05, 4.69) is 14.4 Å². The van der Waals surface area contributed by atoms with Crippen molar-refractivity contribution in [2.45, 2.75) is 49.7 Å². The van der Waals surface area contributed by atoms with Crippen molar-refractivity contribution in [2.75, 3.05) is 24.2 Å². The van der Waals surface area contributed by atoms with Crippen molar-refractivity contribution in [1.29, 1.82) is 0 Å². The van der Waals surface area contributed by atoms with Gasteiger partial charge in [0.25, 0.3) is 0 Å². The Morgan fingerprint density at radius 2 is 1.62 bits per heavy atom. The number of thioether (sulfide) groups is 1. The molecule has 0 aliphatic heterocycles. The molecule has 0 saturated heterocycles. The second-order valence-electron chi connectivity index (χ2n) is 10.9. The molecule has 0 bridgehead atoms. The van der Waals surface area contributed by atoms with Gasteiger partial charge in [-0.3, -0.25) is 9.71 Å². The summed E-state index contributed by atoms with van der Waals surface area (Å²) in [5, 5.41) is -0.192. The Bertz CT molecular complexity index is 1620. The molecule has 5 rings (SSSR count). The highest BCUT2D eigenvalue weighted by molar-refractivity contribution is 8.13. The number of ether oxygens (including phenoxy) is 4. The standard InChI is InChI=1S/C30H30Cl2F2N2O7S2/c1-45(38,39)36-24-8-7-20(11-27(24)40-15-17-2-3-17)44-30(37)43-26(12-21-22(31)13-35-14-23(21)32)19-6-9-25(42-29(33)34)28(10-19)41-16-18-4-5-18/h6-11,13-14,17-18,26,29,36H,2-5,12,15-16H2,1H3/t26-/m0/s1. The van der Waals surface area contributed by atoms with E-state index in [9.17, 15) is 22.0 Å². The Hall–Kier alpha value is -3.00. The predicted octanol–water partition coefficient (Wildman–Crippen LogP) is 8.15. The number of aromatic nitrogens is 1. The molecule has 1 aromatic heterocycles. The van der Waals surface area contributed by atoms with Gasteiger partial charge in [0.1, 0.15) is 11.9 Å². The first-order valence-electron chi connectivity index (χ1n) is 14.1. The maximum Gasteiger partial charge on any atom is 0.387 e. The number of halogens is 4. The fourth-order valence-electron chi connectivity index (χ4n) is 4.27. The summed E-state index contributed by atoms with van der Waals surface area (Å²) in [6.07, 6.45) is 6.97. The Labute approximate surface area is 273 Å². The minimum Gasteiger partial charge on any atom is -0.491 e. The Morgan fingerprint density at radius 3 is 2.22 bits per heavy atom. The fourth-order valence-corrected chi connectivity index (χ4v) is 6.01. The number of nitrogens with zero attached hydrogens (tertiary/aromatic N) is 1. The number of hydrogen-bond donors (Lipinski definition) is 1. The summed E-state index contributed by atoms with van der Waals surface area (Å²) in [6, 6.07) is 8.98. The Morgan fingerprint density at radius 1 is 0.978 bits per heavy atom. The number of hydrogen-bond acceptors (Lipinski definition) is 9. The van der Waals surface area contributed by atoms with Gasteiger partial charge in [0, 0.05) is 23.7 Å². The van der Waals surface area contributed by atoms with Crippen LogP contribution in [0, 0.1) is 11.8 Å². The molecule has 3 aromatic rings. The zero-order valence-corrected chi connectivity index (χ0v) is 27.2. The van der Waals surface area contributed by atoms with Gasteiger partial charge in [-0.1, -0.05) is 29.3 Å². The van der Waals surface area contributed by atoms with E-state index in [1.165, 1.54) is 36.7 Å². The minimum atomic E-state index is -3.58.